The van der Waals surface area contributed by atoms with Gasteiger partial charge in [0, 0.05) is 25.9 Å². The Bertz CT molecular complexity index is 687. The maximum absolute atomic E-state index is 13.1. The van der Waals surface area contributed by atoms with Gasteiger partial charge in [0.1, 0.15) is 0 Å². The highest BCUT2D eigenvalue weighted by Crippen LogP contribution is 2.24. The molecule has 0 aromatic carbocycles. The van der Waals surface area contributed by atoms with Gasteiger partial charge in [-0.15, -0.1) is 0 Å². The van der Waals surface area contributed by atoms with Crippen molar-refractivity contribution in [2.45, 2.75) is 220 Å². The number of hydrogen-bond donors (Lipinski definition) is 1. The Morgan fingerprint density at radius 3 is 1.49 bits per heavy atom. The summed E-state index contributed by atoms with van der Waals surface area (Å²) in [6, 6.07) is 0. The van der Waals surface area contributed by atoms with Crippen LogP contribution in [-0.2, 0) is 19.1 Å². The van der Waals surface area contributed by atoms with Crippen LogP contribution in [0.2, 0.25) is 0 Å². The fourth-order valence-corrected chi connectivity index (χ4v) is 6.85. The van der Waals surface area contributed by atoms with E-state index in [4.69, 9.17) is 14.6 Å². The predicted octanol–water partition coefficient (Wildman–Crippen LogP) is 12.1. The monoisotopic (exact) mass is 696 g/mol. The zero-order valence-corrected chi connectivity index (χ0v) is 33.3. The molecule has 6 nitrogen and oxygen atoms in total. The van der Waals surface area contributed by atoms with Crippen molar-refractivity contribution in [1.29, 1.82) is 0 Å². The summed E-state index contributed by atoms with van der Waals surface area (Å²) in [5, 5.41) is 9.04. The van der Waals surface area contributed by atoms with Crippen LogP contribution in [-0.4, -0.2) is 61.4 Å². The van der Waals surface area contributed by atoms with E-state index in [1.54, 1.807) is 0 Å². The first-order chi connectivity index (χ1) is 24.1. The summed E-state index contributed by atoms with van der Waals surface area (Å²) in [4.78, 5) is 27.1. The number of carbonyl (C=O) groups excluding carboxylic acids is 2. The lowest BCUT2D eigenvalue weighted by Gasteiger charge is -2.23. The summed E-state index contributed by atoms with van der Waals surface area (Å²) in [5.74, 6) is 1.08. The van der Waals surface area contributed by atoms with Gasteiger partial charge in [-0.1, -0.05) is 181 Å². The summed E-state index contributed by atoms with van der Waals surface area (Å²) in [6.07, 6.45) is 37.5. The van der Waals surface area contributed by atoms with Gasteiger partial charge in [0.15, 0.2) is 0 Å². The maximum Gasteiger partial charge on any atom is 0.305 e. The minimum Gasteiger partial charge on any atom is -0.466 e. The molecular weight excluding hydrogens is 610 g/mol. The van der Waals surface area contributed by atoms with E-state index in [1.807, 2.05) is 4.90 Å². The third kappa shape index (κ3) is 35.1. The molecule has 0 aliphatic heterocycles. The number of amides is 1. The average Bonchev–Trinajstić information content (AvgIpc) is 3.10. The van der Waals surface area contributed by atoms with Crippen molar-refractivity contribution in [2.24, 2.45) is 5.92 Å². The molecule has 1 atom stereocenters. The van der Waals surface area contributed by atoms with Crippen molar-refractivity contribution >= 4 is 11.9 Å². The Morgan fingerprint density at radius 2 is 0.939 bits per heavy atom. The van der Waals surface area contributed by atoms with E-state index in [9.17, 15) is 9.59 Å². The summed E-state index contributed by atoms with van der Waals surface area (Å²) in [6.45, 7) is 9.50. The normalized spacial score (nSPS) is 12.0. The maximum atomic E-state index is 13.1. The van der Waals surface area contributed by atoms with Gasteiger partial charge in [-0.25, -0.2) is 0 Å². The molecule has 0 aliphatic rings. The Hall–Kier alpha value is -1.14. The van der Waals surface area contributed by atoms with E-state index in [1.165, 1.54) is 135 Å². The summed E-state index contributed by atoms with van der Waals surface area (Å²) < 4.78 is 10.9. The molecule has 0 rings (SSSR count). The van der Waals surface area contributed by atoms with Gasteiger partial charge in [0.25, 0.3) is 0 Å². The van der Waals surface area contributed by atoms with Crippen LogP contribution in [0, 0.1) is 5.92 Å². The lowest BCUT2D eigenvalue weighted by Crippen LogP contribution is -2.35. The number of hydrogen-bond acceptors (Lipinski definition) is 5. The van der Waals surface area contributed by atoms with E-state index in [0.29, 0.717) is 39.2 Å². The van der Waals surface area contributed by atoms with Gasteiger partial charge in [-0.2, -0.15) is 0 Å². The fourth-order valence-electron chi connectivity index (χ4n) is 6.85. The van der Waals surface area contributed by atoms with Crippen molar-refractivity contribution in [2.75, 3.05) is 39.5 Å². The Labute approximate surface area is 305 Å². The molecule has 0 bridgehead atoms. The number of nitrogens with zero attached hydrogens (tertiary/aromatic N) is 1. The van der Waals surface area contributed by atoms with Crippen LogP contribution in [0.15, 0.2) is 0 Å². The first-order valence-corrected chi connectivity index (χ1v) is 21.7. The molecule has 0 heterocycles. The molecule has 0 saturated heterocycles. The molecule has 0 radical (unpaired) electrons. The summed E-state index contributed by atoms with van der Waals surface area (Å²) in [7, 11) is 0. The highest BCUT2D eigenvalue weighted by molar-refractivity contribution is 5.76. The van der Waals surface area contributed by atoms with Gasteiger partial charge in [-0.05, 0) is 31.6 Å². The molecule has 0 aromatic heterocycles. The quantitative estimate of drug-likeness (QED) is 0.0510. The minimum atomic E-state index is -0.0702. The van der Waals surface area contributed by atoms with Gasteiger partial charge in [0.05, 0.1) is 26.4 Å². The molecule has 292 valence electrons. The molecule has 0 spiro atoms. The van der Waals surface area contributed by atoms with Crippen LogP contribution in [0.3, 0.4) is 0 Å². The molecular formula is C43H85NO5. The first-order valence-electron chi connectivity index (χ1n) is 21.7. The Balaban J connectivity index is 4.19. The molecule has 49 heavy (non-hydrogen) atoms. The first kappa shape index (κ1) is 47.9. The second-order valence-electron chi connectivity index (χ2n) is 14.8. The molecule has 1 unspecified atom stereocenters. The lowest BCUT2D eigenvalue weighted by molar-refractivity contribution is -0.143. The Morgan fingerprint density at radius 1 is 0.490 bits per heavy atom. The topological polar surface area (TPSA) is 76.1 Å². The van der Waals surface area contributed by atoms with Crippen LogP contribution in [0.5, 0.6) is 0 Å². The number of ether oxygens (including phenoxy) is 2. The second-order valence-corrected chi connectivity index (χ2v) is 14.8. The smallest absolute Gasteiger partial charge is 0.305 e. The van der Waals surface area contributed by atoms with Crippen molar-refractivity contribution in [3.63, 3.8) is 0 Å². The van der Waals surface area contributed by atoms with Crippen molar-refractivity contribution in [3.8, 4) is 0 Å². The highest BCUT2D eigenvalue weighted by Gasteiger charge is 2.14. The number of esters is 1. The third-order valence-electron chi connectivity index (χ3n) is 10.1. The van der Waals surface area contributed by atoms with Crippen LogP contribution in [0.4, 0.5) is 0 Å². The molecule has 0 saturated carbocycles. The van der Waals surface area contributed by atoms with E-state index >= 15 is 0 Å². The number of aliphatic hydroxyl groups is 1. The molecule has 0 aliphatic carbocycles. The standard InChI is InChI=1S/C43H85NO5/c1-4-7-10-13-15-22-29-38-49-43(47)34-27-20-21-28-35-44(36-39-48-40-37-45)42(46)33-26-19-16-18-25-32-41(30-23-12-9-6-3)31-24-17-14-11-8-5-2/h41,45H,4-40H2,1-3H3. The molecule has 1 N–H and O–H groups in total. The van der Waals surface area contributed by atoms with Crippen molar-refractivity contribution in [1.82, 2.24) is 4.90 Å². The van der Waals surface area contributed by atoms with Crippen molar-refractivity contribution < 1.29 is 24.2 Å². The lowest BCUT2D eigenvalue weighted by atomic mass is 9.89. The van der Waals surface area contributed by atoms with Gasteiger partial charge >= 0.3 is 5.97 Å². The van der Waals surface area contributed by atoms with Crippen LogP contribution in [0.1, 0.15) is 220 Å². The fraction of sp³-hybridized carbons (Fsp3) is 0.953. The zero-order valence-electron chi connectivity index (χ0n) is 33.3. The molecule has 6 heteroatoms. The van der Waals surface area contributed by atoms with Crippen LogP contribution in [0.25, 0.3) is 0 Å². The zero-order chi connectivity index (χ0) is 35.9. The van der Waals surface area contributed by atoms with Gasteiger partial charge in [0.2, 0.25) is 5.91 Å². The van der Waals surface area contributed by atoms with E-state index in [0.717, 1.165) is 63.8 Å². The number of unbranched alkanes of at least 4 members (excludes halogenated alkanes) is 21. The molecule has 0 fully saturated rings. The van der Waals surface area contributed by atoms with Crippen LogP contribution < -0.4 is 0 Å². The average molecular weight is 696 g/mol. The van der Waals surface area contributed by atoms with Crippen LogP contribution >= 0.6 is 0 Å². The molecule has 0 aromatic rings. The Kier molecular flexibility index (Phi) is 38.7. The predicted molar refractivity (Wildman–Crippen MR) is 209 cm³/mol. The van der Waals surface area contributed by atoms with E-state index in [-0.39, 0.29) is 18.5 Å². The largest absolute Gasteiger partial charge is 0.466 e. The van der Waals surface area contributed by atoms with E-state index < -0.39 is 0 Å². The van der Waals surface area contributed by atoms with E-state index in [2.05, 4.69) is 20.8 Å². The third-order valence-corrected chi connectivity index (χ3v) is 10.1. The molecule has 1 amide bonds. The highest BCUT2D eigenvalue weighted by atomic mass is 16.5. The second kappa shape index (κ2) is 39.6. The number of carbonyl (C=O) groups is 2. The summed E-state index contributed by atoms with van der Waals surface area (Å²) >= 11 is 0. The SMILES string of the molecule is CCCCCCCCCOC(=O)CCCCCCN(CCOCCO)C(=O)CCCCCCCC(CCCCCC)CCCCCCCC. The van der Waals surface area contributed by atoms with Gasteiger partial charge < -0.3 is 19.5 Å². The number of rotatable bonds is 40. The number of aliphatic hydroxyl groups excluding tert-OH is 1. The minimum absolute atomic E-state index is 0.00802. The summed E-state index contributed by atoms with van der Waals surface area (Å²) in [5.41, 5.74) is 0. The van der Waals surface area contributed by atoms with Gasteiger partial charge in [-0.3, -0.25) is 9.59 Å². The van der Waals surface area contributed by atoms with Crippen molar-refractivity contribution in [3.05, 3.63) is 0 Å².